The Bertz CT molecular complexity index is 636. The molecular formula is C18H23N2O3S+. The van der Waals surface area contributed by atoms with Crippen LogP contribution in [-0.2, 0) is 4.79 Å². The average molecular weight is 347 g/mol. The molecule has 0 spiro atoms. The first kappa shape index (κ1) is 17.0. The van der Waals surface area contributed by atoms with Crippen LogP contribution in [0.2, 0.25) is 0 Å². The van der Waals surface area contributed by atoms with Gasteiger partial charge < -0.3 is 9.64 Å². The van der Waals surface area contributed by atoms with Crippen molar-refractivity contribution in [3.05, 3.63) is 34.7 Å². The first-order valence-corrected chi connectivity index (χ1v) is 9.31. The van der Waals surface area contributed by atoms with Crippen LogP contribution in [0.4, 0.5) is 4.79 Å². The number of likely N-dealkylation sites (tertiary alicyclic amines) is 1. The second-order valence-electron chi connectivity index (χ2n) is 6.08. The Kier molecular flexibility index (Phi) is 5.58. The highest BCUT2D eigenvalue weighted by molar-refractivity contribution is 8.18. The first-order valence-electron chi connectivity index (χ1n) is 8.49. The predicted octanol–water partition coefficient (Wildman–Crippen LogP) is 2.15. The van der Waals surface area contributed by atoms with Gasteiger partial charge in [-0.3, -0.25) is 9.59 Å². The van der Waals surface area contributed by atoms with Gasteiger partial charge in [-0.25, -0.2) is 4.90 Å². The molecule has 0 radical (unpaired) electrons. The number of rotatable bonds is 5. The van der Waals surface area contributed by atoms with Gasteiger partial charge in [-0.15, -0.1) is 0 Å². The summed E-state index contributed by atoms with van der Waals surface area (Å²) in [6.45, 7) is 5.13. The van der Waals surface area contributed by atoms with Crippen molar-refractivity contribution < 1.29 is 19.2 Å². The van der Waals surface area contributed by atoms with E-state index in [9.17, 15) is 9.59 Å². The molecule has 2 amide bonds. The number of benzene rings is 1. The monoisotopic (exact) mass is 347 g/mol. The molecule has 2 fully saturated rings. The number of hydrogen-bond acceptors (Lipinski definition) is 4. The maximum atomic E-state index is 12.5. The second-order valence-corrected chi connectivity index (χ2v) is 7.07. The fourth-order valence-corrected chi connectivity index (χ4v) is 3.89. The molecule has 0 aliphatic carbocycles. The summed E-state index contributed by atoms with van der Waals surface area (Å²) in [5, 5.41) is -0.157. The number of piperidine rings is 1. The summed E-state index contributed by atoms with van der Waals surface area (Å²) in [7, 11) is 0. The third kappa shape index (κ3) is 3.99. The molecule has 1 aromatic rings. The molecule has 5 nitrogen and oxygen atoms in total. The molecule has 6 heteroatoms. The normalized spacial score (nSPS) is 20.9. The smallest absolute Gasteiger partial charge is 0.298 e. The van der Waals surface area contributed by atoms with E-state index in [1.807, 2.05) is 31.2 Å². The number of thioether (sulfide) groups is 1. The number of ether oxygens (including phenoxy) is 1. The lowest BCUT2D eigenvalue weighted by atomic mass is 10.1. The van der Waals surface area contributed by atoms with Crippen LogP contribution in [0.3, 0.4) is 0 Å². The zero-order chi connectivity index (χ0) is 16.9. The van der Waals surface area contributed by atoms with Crippen molar-refractivity contribution in [1.82, 2.24) is 4.90 Å². The molecule has 3 rings (SSSR count). The maximum Gasteiger partial charge on any atom is 0.298 e. The molecule has 2 saturated heterocycles. The van der Waals surface area contributed by atoms with Gasteiger partial charge in [-0.1, -0.05) is 12.1 Å². The van der Waals surface area contributed by atoms with Crippen LogP contribution >= 0.6 is 11.8 Å². The molecule has 128 valence electrons. The van der Waals surface area contributed by atoms with E-state index in [0.717, 1.165) is 36.2 Å². The van der Waals surface area contributed by atoms with Crippen LogP contribution in [0, 0.1) is 0 Å². The highest BCUT2D eigenvalue weighted by atomic mass is 32.2. The Hall–Kier alpha value is -1.79. The van der Waals surface area contributed by atoms with Crippen molar-refractivity contribution in [3.8, 4) is 5.75 Å². The number of imide groups is 1. The molecule has 0 unspecified atom stereocenters. The van der Waals surface area contributed by atoms with Gasteiger partial charge in [0.15, 0.2) is 6.67 Å². The van der Waals surface area contributed by atoms with Gasteiger partial charge in [0, 0.05) is 0 Å². The zero-order valence-electron chi connectivity index (χ0n) is 13.9. The summed E-state index contributed by atoms with van der Waals surface area (Å²) in [6, 6.07) is 7.54. The molecule has 1 aromatic carbocycles. The summed E-state index contributed by atoms with van der Waals surface area (Å²) in [4.78, 5) is 28.0. The fraction of sp³-hybridized carbons (Fsp3) is 0.444. The molecule has 1 N–H and O–H groups in total. The molecule has 2 heterocycles. The van der Waals surface area contributed by atoms with Crippen molar-refractivity contribution >= 4 is 29.0 Å². The number of hydrogen-bond donors (Lipinski definition) is 1. The largest absolute Gasteiger partial charge is 0.494 e. The van der Waals surface area contributed by atoms with Gasteiger partial charge in [0.25, 0.3) is 11.1 Å². The molecule has 24 heavy (non-hydrogen) atoms. The van der Waals surface area contributed by atoms with E-state index in [-0.39, 0.29) is 11.1 Å². The van der Waals surface area contributed by atoms with E-state index in [0.29, 0.717) is 18.2 Å². The van der Waals surface area contributed by atoms with Crippen LogP contribution in [0.5, 0.6) is 5.75 Å². The van der Waals surface area contributed by atoms with Crippen molar-refractivity contribution in [2.45, 2.75) is 26.2 Å². The number of nitrogens with one attached hydrogen (secondary N) is 1. The molecular weight excluding hydrogens is 324 g/mol. The van der Waals surface area contributed by atoms with E-state index in [1.54, 1.807) is 6.08 Å². The minimum absolute atomic E-state index is 0.157. The van der Waals surface area contributed by atoms with Gasteiger partial charge in [0.1, 0.15) is 5.75 Å². The van der Waals surface area contributed by atoms with Gasteiger partial charge in [-0.05, 0) is 61.7 Å². The standard InChI is InChI=1S/C18H22N2O3S/c1-2-23-15-8-6-14(7-9-15)12-16-17(21)20(18(22)24-16)13-19-10-4-3-5-11-19/h6-9,12H,2-5,10-11,13H2,1H3/p+1/b16-12+. The summed E-state index contributed by atoms with van der Waals surface area (Å²) < 4.78 is 5.41. The zero-order valence-corrected chi connectivity index (χ0v) is 14.7. The highest BCUT2D eigenvalue weighted by Gasteiger charge is 2.37. The van der Waals surface area contributed by atoms with Gasteiger partial charge in [0.05, 0.1) is 24.6 Å². The lowest BCUT2D eigenvalue weighted by Crippen LogP contribution is -3.14. The van der Waals surface area contributed by atoms with Gasteiger partial charge >= 0.3 is 0 Å². The minimum Gasteiger partial charge on any atom is -0.494 e. The Morgan fingerprint density at radius 2 is 1.88 bits per heavy atom. The third-order valence-corrected chi connectivity index (χ3v) is 5.21. The van der Waals surface area contributed by atoms with Crippen molar-refractivity contribution in [1.29, 1.82) is 0 Å². The third-order valence-electron chi connectivity index (χ3n) is 4.30. The summed E-state index contributed by atoms with van der Waals surface area (Å²) >= 11 is 1.03. The minimum atomic E-state index is -0.169. The molecule has 0 atom stereocenters. The quantitative estimate of drug-likeness (QED) is 0.829. The fourth-order valence-electron chi connectivity index (χ4n) is 3.05. The van der Waals surface area contributed by atoms with Crippen molar-refractivity contribution in [3.63, 3.8) is 0 Å². The van der Waals surface area contributed by atoms with Crippen LogP contribution < -0.4 is 9.64 Å². The van der Waals surface area contributed by atoms with E-state index >= 15 is 0 Å². The number of amides is 2. The molecule has 0 aromatic heterocycles. The Labute approximate surface area is 146 Å². The van der Waals surface area contributed by atoms with Crippen molar-refractivity contribution in [2.24, 2.45) is 0 Å². The highest BCUT2D eigenvalue weighted by Crippen LogP contribution is 2.31. The number of nitrogens with zero attached hydrogens (tertiary/aromatic N) is 1. The first-order chi connectivity index (χ1) is 11.7. The Morgan fingerprint density at radius 1 is 1.17 bits per heavy atom. The number of quaternary nitrogens is 1. The summed E-state index contributed by atoms with van der Waals surface area (Å²) in [5.74, 6) is 0.633. The van der Waals surface area contributed by atoms with Crippen LogP contribution in [0.15, 0.2) is 29.2 Å². The summed E-state index contributed by atoms with van der Waals surface area (Å²) in [6.07, 6.45) is 5.39. The predicted molar refractivity (Wildman–Crippen MR) is 94.8 cm³/mol. The average Bonchev–Trinajstić information content (AvgIpc) is 2.85. The van der Waals surface area contributed by atoms with E-state index < -0.39 is 0 Å². The second kappa shape index (κ2) is 7.85. The Balaban J connectivity index is 1.68. The van der Waals surface area contributed by atoms with Crippen molar-refractivity contribution in [2.75, 3.05) is 26.4 Å². The summed E-state index contributed by atoms with van der Waals surface area (Å²) in [5.41, 5.74) is 0.897. The van der Waals surface area contributed by atoms with E-state index in [4.69, 9.17) is 4.74 Å². The number of carbonyl (C=O) groups excluding carboxylic acids is 2. The topological polar surface area (TPSA) is 51.0 Å². The van der Waals surface area contributed by atoms with Gasteiger partial charge in [0.2, 0.25) is 0 Å². The molecule has 2 aliphatic rings. The van der Waals surface area contributed by atoms with E-state index in [2.05, 4.69) is 0 Å². The SMILES string of the molecule is CCOc1ccc(/C=C2/SC(=O)N(C[NH+]3CCCCC3)C2=O)cc1. The van der Waals surface area contributed by atoms with Gasteiger partial charge in [-0.2, -0.15) is 0 Å². The molecule has 2 aliphatic heterocycles. The van der Waals surface area contributed by atoms with E-state index in [1.165, 1.54) is 29.1 Å². The number of carbonyl (C=O) groups is 2. The van der Waals surface area contributed by atoms with Crippen LogP contribution in [0.1, 0.15) is 31.7 Å². The lowest BCUT2D eigenvalue weighted by molar-refractivity contribution is -0.912. The van der Waals surface area contributed by atoms with Crippen LogP contribution in [0.25, 0.3) is 6.08 Å². The lowest BCUT2D eigenvalue weighted by Gasteiger charge is -2.26. The Morgan fingerprint density at radius 3 is 2.54 bits per heavy atom. The maximum absolute atomic E-state index is 12.5. The molecule has 0 saturated carbocycles. The molecule has 0 bridgehead atoms. The van der Waals surface area contributed by atoms with Crippen LogP contribution in [-0.4, -0.2) is 42.4 Å².